The Labute approximate surface area is 126 Å². The highest BCUT2D eigenvalue weighted by molar-refractivity contribution is 7.89. The van der Waals surface area contributed by atoms with Gasteiger partial charge in [-0.05, 0) is 31.3 Å². The minimum Gasteiger partial charge on any atom is -0.497 e. The summed E-state index contributed by atoms with van der Waals surface area (Å²) in [7, 11) is 1.63. The number of morpholine rings is 1. The van der Waals surface area contributed by atoms with Gasteiger partial charge in [0.15, 0.2) is 0 Å². The van der Waals surface area contributed by atoms with Crippen molar-refractivity contribution in [1.82, 2.24) is 9.21 Å². The molecule has 21 heavy (non-hydrogen) atoms. The third-order valence-electron chi connectivity index (χ3n) is 3.57. The van der Waals surface area contributed by atoms with Crippen molar-refractivity contribution in [3.05, 3.63) is 24.3 Å². The number of sulfonamides is 1. The summed E-state index contributed by atoms with van der Waals surface area (Å²) in [6, 6.07) is 6.40. The molecule has 1 aliphatic heterocycles. The van der Waals surface area contributed by atoms with E-state index in [2.05, 4.69) is 4.90 Å². The van der Waals surface area contributed by atoms with Gasteiger partial charge in [0.2, 0.25) is 10.0 Å². The van der Waals surface area contributed by atoms with Crippen LogP contribution in [0.5, 0.6) is 5.75 Å². The van der Waals surface area contributed by atoms with Crippen molar-refractivity contribution in [2.24, 2.45) is 0 Å². The molecule has 1 saturated heterocycles. The first-order valence-corrected chi connectivity index (χ1v) is 8.28. The molecule has 1 heterocycles. The lowest BCUT2D eigenvalue weighted by Crippen LogP contribution is -2.46. The normalized spacial score (nSPS) is 20.7. The minimum atomic E-state index is -3.50. The van der Waals surface area contributed by atoms with E-state index >= 15 is 0 Å². The molecule has 0 bridgehead atoms. The summed E-state index contributed by atoms with van der Waals surface area (Å²) >= 11 is 0. The number of nitrogens with zero attached hydrogens (tertiary/aromatic N) is 2. The van der Waals surface area contributed by atoms with E-state index in [9.17, 15) is 8.42 Å². The third kappa shape index (κ3) is 3.94. The molecule has 1 unspecified atom stereocenters. The number of methoxy groups -OCH3 is 1. The van der Waals surface area contributed by atoms with Gasteiger partial charge >= 0.3 is 0 Å². The van der Waals surface area contributed by atoms with Crippen LogP contribution in [0, 0.1) is 0 Å². The summed E-state index contributed by atoms with van der Waals surface area (Å²) in [4.78, 5) is 2.40. The zero-order valence-electron chi connectivity index (χ0n) is 12.7. The van der Waals surface area contributed by atoms with Gasteiger partial charge in [-0.25, -0.2) is 8.42 Å². The third-order valence-corrected chi connectivity index (χ3v) is 5.41. The standard InChI is InChI=1S/C14H22N2O4S/c1-15-8-9-20-13(10-15)11-16(2)21(17,18)14-6-4-12(19-3)5-7-14/h4-7,13H,8-11H2,1-3H3. The first kappa shape index (κ1) is 16.2. The summed E-state index contributed by atoms with van der Waals surface area (Å²) < 4.78 is 37.0. The van der Waals surface area contributed by atoms with E-state index in [0.717, 1.165) is 13.1 Å². The van der Waals surface area contributed by atoms with Crippen LogP contribution in [0.4, 0.5) is 0 Å². The fraction of sp³-hybridized carbons (Fsp3) is 0.571. The quantitative estimate of drug-likeness (QED) is 0.798. The van der Waals surface area contributed by atoms with Gasteiger partial charge in [0.25, 0.3) is 0 Å². The summed E-state index contributed by atoms with van der Waals surface area (Å²) in [5.74, 6) is 0.633. The van der Waals surface area contributed by atoms with E-state index in [-0.39, 0.29) is 11.0 Å². The smallest absolute Gasteiger partial charge is 0.242 e. The fourth-order valence-electron chi connectivity index (χ4n) is 2.29. The van der Waals surface area contributed by atoms with E-state index < -0.39 is 10.0 Å². The number of rotatable bonds is 5. The Kier molecular flexibility index (Phi) is 5.21. The number of likely N-dealkylation sites (N-methyl/N-ethyl adjacent to an activating group) is 2. The molecule has 0 aromatic heterocycles. The second-order valence-corrected chi connectivity index (χ2v) is 7.26. The van der Waals surface area contributed by atoms with Gasteiger partial charge in [-0.3, -0.25) is 0 Å². The fourth-order valence-corrected chi connectivity index (χ4v) is 3.49. The molecule has 0 aliphatic carbocycles. The van der Waals surface area contributed by atoms with E-state index in [1.807, 2.05) is 7.05 Å². The molecule has 0 radical (unpaired) electrons. The number of benzene rings is 1. The Morgan fingerprint density at radius 2 is 2.05 bits per heavy atom. The van der Waals surface area contributed by atoms with Gasteiger partial charge in [0, 0.05) is 26.7 Å². The van der Waals surface area contributed by atoms with Crippen molar-refractivity contribution in [2.45, 2.75) is 11.0 Å². The average Bonchev–Trinajstić information content (AvgIpc) is 2.47. The van der Waals surface area contributed by atoms with Gasteiger partial charge in [0.05, 0.1) is 24.7 Å². The molecule has 1 aromatic carbocycles. The Hall–Kier alpha value is -1.15. The second kappa shape index (κ2) is 6.74. The predicted molar refractivity (Wildman–Crippen MR) is 80.0 cm³/mol. The SMILES string of the molecule is COc1ccc(S(=O)(=O)N(C)CC2CN(C)CCO2)cc1. The van der Waals surface area contributed by atoms with Crippen molar-refractivity contribution >= 4 is 10.0 Å². The van der Waals surface area contributed by atoms with Crippen LogP contribution in [0.3, 0.4) is 0 Å². The molecular weight excluding hydrogens is 292 g/mol. The highest BCUT2D eigenvalue weighted by atomic mass is 32.2. The van der Waals surface area contributed by atoms with Crippen LogP contribution in [0.25, 0.3) is 0 Å². The van der Waals surface area contributed by atoms with Crippen LogP contribution in [0.2, 0.25) is 0 Å². The molecule has 0 amide bonds. The van der Waals surface area contributed by atoms with E-state index in [1.54, 1.807) is 38.4 Å². The van der Waals surface area contributed by atoms with Crippen molar-refractivity contribution in [2.75, 3.05) is 47.4 Å². The van der Waals surface area contributed by atoms with Crippen molar-refractivity contribution < 1.29 is 17.9 Å². The summed E-state index contributed by atoms with van der Waals surface area (Å²) in [6.07, 6.45) is -0.0956. The Bertz CT molecular complexity index is 559. The zero-order valence-corrected chi connectivity index (χ0v) is 13.5. The van der Waals surface area contributed by atoms with Crippen molar-refractivity contribution in [3.8, 4) is 5.75 Å². The van der Waals surface area contributed by atoms with Gasteiger partial charge < -0.3 is 14.4 Å². The topological polar surface area (TPSA) is 59.1 Å². The molecule has 118 valence electrons. The Morgan fingerprint density at radius 3 is 2.62 bits per heavy atom. The number of ether oxygens (including phenoxy) is 2. The average molecular weight is 314 g/mol. The molecule has 1 fully saturated rings. The van der Waals surface area contributed by atoms with Gasteiger partial charge in [-0.15, -0.1) is 0 Å². The van der Waals surface area contributed by atoms with Crippen LogP contribution in [-0.2, 0) is 14.8 Å². The first-order valence-electron chi connectivity index (χ1n) is 6.84. The van der Waals surface area contributed by atoms with E-state index in [0.29, 0.717) is 18.9 Å². The lowest BCUT2D eigenvalue weighted by Gasteiger charge is -2.32. The number of hydrogen-bond acceptors (Lipinski definition) is 5. The van der Waals surface area contributed by atoms with Crippen LogP contribution < -0.4 is 4.74 Å². The lowest BCUT2D eigenvalue weighted by atomic mass is 10.3. The molecule has 1 aliphatic rings. The maximum absolute atomic E-state index is 12.5. The molecule has 0 N–H and O–H groups in total. The molecule has 1 atom stereocenters. The summed E-state index contributed by atoms with van der Waals surface area (Å²) in [6.45, 7) is 2.60. The van der Waals surface area contributed by atoms with Crippen LogP contribution >= 0.6 is 0 Å². The summed E-state index contributed by atoms with van der Waals surface area (Å²) in [5, 5.41) is 0. The summed E-state index contributed by atoms with van der Waals surface area (Å²) in [5.41, 5.74) is 0. The van der Waals surface area contributed by atoms with Gasteiger partial charge in [-0.1, -0.05) is 0 Å². The minimum absolute atomic E-state index is 0.0956. The molecule has 7 heteroatoms. The zero-order chi connectivity index (χ0) is 15.5. The molecule has 1 aromatic rings. The maximum Gasteiger partial charge on any atom is 0.242 e. The van der Waals surface area contributed by atoms with Gasteiger partial charge in [-0.2, -0.15) is 4.31 Å². The molecule has 2 rings (SSSR count). The highest BCUT2D eigenvalue weighted by Gasteiger charge is 2.26. The van der Waals surface area contributed by atoms with Crippen LogP contribution in [-0.4, -0.2) is 71.2 Å². The van der Waals surface area contributed by atoms with E-state index in [4.69, 9.17) is 9.47 Å². The largest absolute Gasteiger partial charge is 0.497 e. The molecule has 0 saturated carbocycles. The second-order valence-electron chi connectivity index (χ2n) is 5.22. The predicted octanol–water partition coefficient (Wildman–Crippen LogP) is 0.646. The first-order chi connectivity index (χ1) is 9.93. The lowest BCUT2D eigenvalue weighted by molar-refractivity contribution is -0.0247. The molecule has 6 nitrogen and oxygen atoms in total. The van der Waals surface area contributed by atoms with Crippen molar-refractivity contribution in [1.29, 1.82) is 0 Å². The van der Waals surface area contributed by atoms with Gasteiger partial charge in [0.1, 0.15) is 5.75 Å². The monoisotopic (exact) mass is 314 g/mol. The Morgan fingerprint density at radius 1 is 1.38 bits per heavy atom. The van der Waals surface area contributed by atoms with Crippen molar-refractivity contribution in [3.63, 3.8) is 0 Å². The Balaban J connectivity index is 2.06. The number of hydrogen-bond donors (Lipinski definition) is 0. The van der Waals surface area contributed by atoms with Crippen LogP contribution in [0.15, 0.2) is 29.2 Å². The van der Waals surface area contributed by atoms with Crippen LogP contribution in [0.1, 0.15) is 0 Å². The molecular formula is C14H22N2O4S. The molecule has 0 spiro atoms. The highest BCUT2D eigenvalue weighted by Crippen LogP contribution is 2.19. The maximum atomic E-state index is 12.5. The van der Waals surface area contributed by atoms with E-state index in [1.165, 1.54) is 4.31 Å².